The molecule has 0 spiro atoms. The van der Waals surface area contributed by atoms with Gasteiger partial charge in [-0.2, -0.15) is 0 Å². The zero-order valence-electron chi connectivity index (χ0n) is 13.4. The Morgan fingerprint density at radius 1 is 1.24 bits per heavy atom. The summed E-state index contributed by atoms with van der Waals surface area (Å²) in [7, 11) is 1.97. The molecule has 0 bridgehead atoms. The third-order valence-corrected chi connectivity index (χ3v) is 4.73. The van der Waals surface area contributed by atoms with Gasteiger partial charge in [-0.1, -0.05) is 25.1 Å². The minimum absolute atomic E-state index is 0.664. The number of likely N-dealkylation sites (tertiary alicyclic amines) is 1. The van der Waals surface area contributed by atoms with E-state index in [1.807, 2.05) is 13.1 Å². The number of nitrogens with zero attached hydrogens (tertiary/aromatic N) is 1. The number of hydrogen-bond donors (Lipinski definition) is 1. The van der Waals surface area contributed by atoms with Gasteiger partial charge in [0.05, 0.1) is 6.54 Å². The van der Waals surface area contributed by atoms with Gasteiger partial charge in [-0.3, -0.25) is 4.90 Å². The van der Waals surface area contributed by atoms with Gasteiger partial charge in [-0.25, -0.2) is 0 Å². The molecule has 3 rings (SSSR count). The molecule has 0 radical (unpaired) electrons. The average molecular weight is 286 g/mol. The second-order valence-electron chi connectivity index (χ2n) is 6.49. The highest BCUT2D eigenvalue weighted by molar-refractivity contribution is 5.82. The van der Waals surface area contributed by atoms with Gasteiger partial charge >= 0.3 is 0 Å². The fourth-order valence-electron chi connectivity index (χ4n) is 3.43. The van der Waals surface area contributed by atoms with Gasteiger partial charge in [-0.15, -0.1) is 0 Å². The number of piperidine rings is 1. The van der Waals surface area contributed by atoms with Crippen LogP contribution in [0.2, 0.25) is 0 Å². The first-order valence-electron chi connectivity index (χ1n) is 8.07. The Hall–Kier alpha value is -1.32. The van der Waals surface area contributed by atoms with Crippen molar-refractivity contribution >= 4 is 11.0 Å². The molecular weight excluding hydrogens is 260 g/mol. The van der Waals surface area contributed by atoms with Crippen molar-refractivity contribution in [3.8, 4) is 0 Å². The second-order valence-corrected chi connectivity index (χ2v) is 6.49. The van der Waals surface area contributed by atoms with Gasteiger partial charge < -0.3 is 9.73 Å². The largest absolute Gasteiger partial charge is 0.459 e. The lowest BCUT2D eigenvalue weighted by molar-refractivity contribution is 0.117. The first-order chi connectivity index (χ1) is 10.2. The lowest BCUT2D eigenvalue weighted by Gasteiger charge is -2.36. The van der Waals surface area contributed by atoms with Crippen molar-refractivity contribution in [2.24, 2.45) is 5.92 Å². The topological polar surface area (TPSA) is 28.4 Å². The Balaban J connectivity index is 1.92. The molecule has 1 aliphatic heterocycles. The van der Waals surface area contributed by atoms with Crippen molar-refractivity contribution in [2.45, 2.75) is 45.8 Å². The Labute approximate surface area is 127 Å². The third-order valence-electron chi connectivity index (χ3n) is 4.73. The number of furan rings is 1. The standard InChI is InChI=1S/C18H26N2O/c1-13-8-9-14(2)20(11-13)12-16-15-6-4-5-7-17(15)21-18(16)10-19-3/h4-7,13-14,19H,8-12H2,1-3H3. The number of nitrogens with one attached hydrogen (secondary N) is 1. The fourth-order valence-corrected chi connectivity index (χ4v) is 3.43. The summed E-state index contributed by atoms with van der Waals surface area (Å²) in [5.41, 5.74) is 2.37. The predicted octanol–water partition coefficient (Wildman–Crippen LogP) is 3.77. The normalized spacial score (nSPS) is 23.8. The molecule has 1 aromatic heterocycles. The highest BCUT2D eigenvalue weighted by Gasteiger charge is 2.25. The van der Waals surface area contributed by atoms with Crippen LogP contribution in [0.25, 0.3) is 11.0 Å². The first kappa shape index (κ1) is 14.6. The molecule has 2 aromatic rings. The van der Waals surface area contributed by atoms with E-state index in [2.05, 4.69) is 42.3 Å². The van der Waals surface area contributed by atoms with Crippen LogP contribution in [0.5, 0.6) is 0 Å². The number of benzene rings is 1. The number of hydrogen-bond acceptors (Lipinski definition) is 3. The SMILES string of the molecule is CNCc1oc2ccccc2c1CN1CC(C)CCC1C. The van der Waals surface area contributed by atoms with Crippen molar-refractivity contribution in [3.63, 3.8) is 0 Å². The molecule has 3 heteroatoms. The van der Waals surface area contributed by atoms with E-state index in [1.165, 1.54) is 30.3 Å². The monoisotopic (exact) mass is 286 g/mol. The summed E-state index contributed by atoms with van der Waals surface area (Å²) in [5.74, 6) is 1.89. The molecule has 1 aliphatic rings. The summed E-state index contributed by atoms with van der Waals surface area (Å²) in [4.78, 5) is 2.62. The summed E-state index contributed by atoms with van der Waals surface area (Å²) in [5, 5.41) is 4.50. The first-order valence-corrected chi connectivity index (χ1v) is 8.07. The molecule has 1 saturated heterocycles. The molecule has 3 nitrogen and oxygen atoms in total. The molecule has 0 aliphatic carbocycles. The summed E-state index contributed by atoms with van der Waals surface area (Å²) >= 11 is 0. The lowest BCUT2D eigenvalue weighted by Crippen LogP contribution is -2.40. The van der Waals surface area contributed by atoms with E-state index >= 15 is 0 Å². The number of fused-ring (bicyclic) bond motifs is 1. The minimum atomic E-state index is 0.664. The van der Waals surface area contributed by atoms with E-state index in [0.29, 0.717) is 6.04 Å². The number of rotatable bonds is 4. The fraction of sp³-hybridized carbons (Fsp3) is 0.556. The summed E-state index contributed by atoms with van der Waals surface area (Å²) in [6, 6.07) is 9.07. The van der Waals surface area contributed by atoms with E-state index in [9.17, 15) is 0 Å². The summed E-state index contributed by atoms with van der Waals surface area (Å²) in [6.07, 6.45) is 2.66. The quantitative estimate of drug-likeness (QED) is 0.927. The molecular formula is C18H26N2O. The molecule has 21 heavy (non-hydrogen) atoms. The van der Waals surface area contributed by atoms with E-state index in [0.717, 1.165) is 30.4 Å². The third kappa shape index (κ3) is 2.99. The van der Waals surface area contributed by atoms with Crippen molar-refractivity contribution in [1.29, 1.82) is 0 Å². The molecule has 1 N–H and O–H groups in total. The zero-order chi connectivity index (χ0) is 14.8. The molecule has 0 amide bonds. The van der Waals surface area contributed by atoms with Crippen LogP contribution in [-0.4, -0.2) is 24.5 Å². The number of para-hydroxylation sites is 1. The van der Waals surface area contributed by atoms with Crippen molar-refractivity contribution in [2.75, 3.05) is 13.6 Å². The molecule has 2 atom stereocenters. The van der Waals surface area contributed by atoms with E-state index in [4.69, 9.17) is 4.42 Å². The molecule has 0 saturated carbocycles. The minimum Gasteiger partial charge on any atom is -0.459 e. The summed E-state index contributed by atoms with van der Waals surface area (Å²) < 4.78 is 6.05. The van der Waals surface area contributed by atoms with Crippen molar-refractivity contribution in [1.82, 2.24) is 10.2 Å². The van der Waals surface area contributed by atoms with Gasteiger partial charge in [-0.05, 0) is 38.8 Å². The smallest absolute Gasteiger partial charge is 0.134 e. The van der Waals surface area contributed by atoms with Crippen LogP contribution in [0.3, 0.4) is 0 Å². The Bertz CT molecular complexity index is 604. The average Bonchev–Trinajstić information content (AvgIpc) is 2.81. The Morgan fingerprint density at radius 3 is 2.86 bits per heavy atom. The molecule has 1 aromatic carbocycles. The van der Waals surface area contributed by atoms with Crippen LogP contribution in [0.15, 0.2) is 28.7 Å². The molecule has 114 valence electrons. The summed E-state index contributed by atoms with van der Waals surface area (Å²) in [6.45, 7) is 7.70. The Kier molecular flexibility index (Phi) is 4.32. The van der Waals surface area contributed by atoms with Crippen LogP contribution in [0.1, 0.15) is 38.0 Å². The molecule has 2 heterocycles. The van der Waals surface area contributed by atoms with E-state index in [-0.39, 0.29) is 0 Å². The van der Waals surface area contributed by atoms with Crippen LogP contribution >= 0.6 is 0 Å². The van der Waals surface area contributed by atoms with Gasteiger partial charge in [0, 0.05) is 30.1 Å². The van der Waals surface area contributed by atoms with Gasteiger partial charge in [0.15, 0.2) is 0 Å². The highest BCUT2D eigenvalue weighted by Crippen LogP contribution is 2.30. The van der Waals surface area contributed by atoms with E-state index in [1.54, 1.807) is 0 Å². The Morgan fingerprint density at radius 2 is 2.05 bits per heavy atom. The zero-order valence-corrected chi connectivity index (χ0v) is 13.4. The lowest BCUT2D eigenvalue weighted by atomic mass is 9.94. The maximum absolute atomic E-state index is 6.05. The van der Waals surface area contributed by atoms with Gasteiger partial charge in [0.25, 0.3) is 0 Å². The maximum Gasteiger partial charge on any atom is 0.134 e. The second kappa shape index (κ2) is 6.20. The predicted molar refractivity (Wildman–Crippen MR) is 87.2 cm³/mol. The molecule has 1 fully saturated rings. The molecule has 2 unspecified atom stereocenters. The van der Waals surface area contributed by atoms with E-state index < -0.39 is 0 Å². The maximum atomic E-state index is 6.05. The van der Waals surface area contributed by atoms with Crippen molar-refractivity contribution in [3.05, 3.63) is 35.6 Å². The van der Waals surface area contributed by atoms with Crippen LogP contribution in [0, 0.1) is 5.92 Å². The van der Waals surface area contributed by atoms with Crippen LogP contribution in [0.4, 0.5) is 0 Å². The van der Waals surface area contributed by atoms with Crippen molar-refractivity contribution < 1.29 is 4.42 Å². The van der Waals surface area contributed by atoms with Crippen LogP contribution in [-0.2, 0) is 13.1 Å². The van der Waals surface area contributed by atoms with Gasteiger partial charge in [0.1, 0.15) is 11.3 Å². The van der Waals surface area contributed by atoms with Crippen LogP contribution < -0.4 is 5.32 Å². The highest BCUT2D eigenvalue weighted by atomic mass is 16.3. The van der Waals surface area contributed by atoms with Gasteiger partial charge in [0.2, 0.25) is 0 Å².